The number of methoxy groups -OCH3 is 2. The average molecular weight is 455 g/mol. The predicted molar refractivity (Wildman–Crippen MR) is 132 cm³/mol. The second-order valence-corrected chi connectivity index (χ2v) is 7.93. The summed E-state index contributed by atoms with van der Waals surface area (Å²) >= 11 is 0. The lowest BCUT2D eigenvalue weighted by atomic mass is 9.96. The van der Waals surface area contributed by atoms with Crippen molar-refractivity contribution in [1.29, 1.82) is 5.26 Å². The van der Waals surface area contributed by atoms with Crippen LogP contribution in [0.2, 0.25) is 0 Å². The van der Waals surface area contributed by atoms with Crippen molar-refractivity contribution in [2.24, 2.45) is 0 Å². The number of nitrogens with one attached hydrogen (secondary N) is 1. The Kier molecular flexibility index (Phi) is 7.83. The first-order valence-electron chi connectivity index (χ1n) is 10.7. The molecule has 0 unspecified atom stereocenters. The lowest BCUT2D eigenvalue weighted by Gasteiger charge is -2.11. The van der Waals surface area contributed by atoms with E-state index in [0.29, 0.717) is 23.4 Å². The molecule has 0 heterocycles. The van der Waals surface area contributed by atoms with Gasteiger partial charge >= 0.3 is 5.97 Å². The van der Waals surface area contributed by atoms with Crippen LogP contribution >= 0.6 is 0 Å². The van der Waals surface area contributed by atoms with Gasteiger partial charge in [-0.2, -0.15) is 5.26 Å². The summed E-state index contributed by atoms with van der Waals surface area (Å²) in [5.41, 5.74) is 5.96. The maximum Gasteiger partial charge on any atom is 0.337 e. The molecule has 0 saturated heterocycles. The van der Waals surface area contributed by atoms with Crippen LogP contribution in [0, 0.1) is 25.2 Å². The quantitative estimate of drug-likeness (QED) is 0.300. The van der Waals surface area contributed by atoms with Crippen LogP contribution in [0.5, 0.6) is 5.75 Å². The van der Waals surface area contributed by atoms with Gasteiger partial charge in [-0.1, -0.05) is 35.4 Å². The maximum absolute atomic E-state index is 12.8. The lowest BCUT2D eigenvalue weighted by molar-refractivity contribution is -0.112. The summed E-state index contributed by atoms with van der Waals surface area (Å²) in [6.07, 6.45) is 2.20. The van der Waals surface area contributed by atoms with Crippen molar-refractivity contribution >= 4 is 23.6 Å². The van der Waals surface area contributed by atoms with E-state index < -0.39 is 11.9 Å². The molecule has 34 heavy (non-hydrogen) atoms. The number of nitriles is 1. The highest BCUT2D eigenvalue weighted by molar-refractivity contribution is 6.09. The van der Waals surface area contributed by atoms with E-state index >= 15 is 0 Å². The number of aryl methyl sites for hydroxylation is 2. The van der Waals surface area contributed by atoms with E-state index in [1.807, 2.05) is 18.2 Å². The number of anilines is 1. The van der Waals surface area contributed by atoms with Gasteiger partial charge < -0.3 is 14.8 Å². The molecule has 0 aromatic heterocycles. The minimum Gasteiger partial charge on any atom is -0.497 e. The molecule has 0 saturated carbocycles. The molecule has 1 N–H and O–H groups in total. The number of hydrogen-bond acceptors (Lipinski definition) is 5. The highest BCUT2D eigenvalue weighted by Crippen LogP contribution is 2.24. The Morgan fingerprint density at radius 3 is 2.24 bits per heavy atom. The van der Waals surface area contributed by atoms with Crippen LogP contribution in [0.4, 0.5) is 5.69 Å². The Morgan fingerprint density at radius 1 is 0.971 bits per heavy atom. The van der Waals surface area contributed by atoms with Crippen LogP contribution in [-0.4, -0.2) is 26.1 Å². The minimum absolute atomic E-state index is 0.0381. The third-order valence-corrected chi connectivity index (χ3v) is 5.25. The second kappa shape index (κ2) is 11.0. The number of carbonyl (C=O) groups excluding carboxylic acids is 2. The van der Waals surface area contributed by atoms with Crippen LogP contribution in [0.25, 0.3) is 6.08 Å². The summed E-state index contributed by atoms with van der Waals surface area (Å²) in [5.74, 6) is -0.307. The molecule has 0 radical (unpaired) electrons. The molecule has 0 bridgehead atoms. The summed E-state index contributed by atoms with van der Waals surface area (Å²) in [6.45, 7) is 4.11. The average Bonchev–Trinajstić information content (AvgIpc) is 2.82. The number of amides is 1. The number of nitrogens with zero attached hydrogens (tertiary/aromatic N) is 1. The van der Waals surface area contributed by atoms with Crippen molar-refractivity contribution in [3.05, 3.63) is 99.6 Å². The molecule has 3 aromatic carbocycles. The molecular weight excluding hydrogens is 428 g/mol. The van der Waals surface area contributed by atoms with Gasteiger partial charge in [0.25, 0.3) is 5.91 Å². The number of rotatable bonds is 7. The molecule has 3 rings (SSSR count). The van der Waals surface area contributed by atoms with Crippen molar-refractivity contribution in [2.75, 3.05) is 19.5 Å². The van der Waals surface area contributed by atoms with E-state index in [1.54, 1.807) is 43.5 Å². The van der Waals surface area contributed by atoms with Gasteiger partial charge in [0.2, 0.25) is 0 Å². The molecular formula is C28H26N2O4. The van der Waals surface area contributed by atoms with Crippen LogP contribution in [-0.2, 0) is 16.0 Å². The second-order valence-electron chi connectivity index (χ2n) is 7.93. The van der Waals surface area contributed by atoms with Gasteiger partial charge in [-0.05, 0) is 79.4 Å². The van der Waals surface area contributed by atoms with E-state index in [1.165, 1.54) is 18.2 Å². The van der Waals surface area contributed by atoms with Crippen molar-refractivity contribution in [1.82, 2.24) is 0 Å². The Morgan fingerprint density at radius 2 is 1.65 bits per heavy atom. The molecule has 0 spiro atoms. The van der Waals surface area contributed by atoms with E-state index in [2.05, 4.69) is 42.1 Å². The van der Waals surface area contributed by atoms with E-state index in [-0.39, 0.29) is 5.57 Å². The van der Waals surface area contributed by atoms with E-state index in [4.69, 9.17) is 4.74 Å². The number of carbonyl (C=O) groups is 2. The van der Waals surface area contributed by atoms with Crippen LogP contribution in [0.15, 0.2) is 66.2 Å². The topological polar surface area (TPSA) is 88.4 Å². The van der Waals surface area contributed by atoms with Crippen LogP contribution in [0.3, 0.4) is 0 Å². The Balaban J connectivity index is 1.89. The predicted octanol–water partition coefficient (Wildman–Crippen LogP) is 5.24. The molecule has 0 fully saturated rings. The van der Waals surface area contributed by atoms with Gasteiger partial charge in [0.15, 0.2) is 0 Å². The Labute approximate surface area is 199 Å². The zero-order valence-corrected chi connectivity index (χ0v) is 19.6. The molecule has 172 valence electrons. The largest absolute Gasteiger partial charge is 0.497 e. The summed E-state index contributed by atoms with van der Waals surface area (Å²) in [5, 5.41) is 12.4. The highest BCUT2D eigenvalue weighted by Gasteiger charge is 2.13. The maximum atomic E-state index is 12.8. The normalized spacial score (nSPS) is 10.9. The number of hydrogen-bond donors (Lipinski definition) is 1. The van der Waals surface area contributed by atoms with Gasteiger partial charge in [-0.25, -0.2) is 4.79 Å². The lowest BCUT2D eigenvalue weighted by Crippen LogP contribution is -2.13. The number of esters is 1. The Bertz CT molecular complexity index is 1260. The molecule has 6 nitrogen and oxygen atoms in total. The van der Waals surface area contributed by atoms with Crippen molar-refractivity contribution in [3.8, 4) is 11.8 Å². The van der Waals surface area contributed by atoms with Gasteiger partial charge in [-0.15, -0.1) is 0 Å². The van der Waals surface area contributed by atoms with E-state index in [0.717, 1.165) is 16.7 Å². The molecule has 6 heteroatoms. The fourth-order valence-corrected chi connectivity index (χ4v) is 3.70. The van der Waals surface area contributed by atoms with Crippen LogP contribution < -0.4 is 10.1 Å². The first-order valence-corrected chi connectivity index (χ1v) is 10.7. The minimum atomic E-state index is -0.540. The summed E-state index contributed by atoms with van der Waals surface area (Å²) in [7, 11) is 2.90. The van der Waals surface area contributed by atoms with Gasteiger partial charge in [0, 0.05) is 5.69 Å². The summed E-state index contributed by atoms with van der Waals surface area (Å²) in [6, 6.07) is 20.2. The van der Waals surface area contributed by atoms with Gasteiger partial charge in [0.1, 0.15) is 17.4 Å². The van der Waals surface area contributed by atoms with Gasteiger partial charge in [-0.3, -0.25) is 4.79 Å². The molecule has 0 aliphatic carbocycles. The van der Waals surface area contributed by atoms with Gasteiger partial charge in [0.05, 0.1) is 19.8 Å². The van der Waals surface area contributed by atoms with Crippen molar-refractivity contribution in [2.45, 2.75) is 20.3 Å². The SMILES string of the molecule is COC(=O)c1ccc(NC(=O)/C(C#N)=C/c2ccc(OC)cc2Cc2cc(C)cc(C)c2)cc1. The molecule has 0 aliphatic rings. The van der Waals surface area contributed by atoms with Crippen LogP contribution in [0.1, 0.15) is 38.2 Å². The first-order chi connectivity index (χ1) is 16.3. The standard InChI is InChI=1S/C28H26N2O4/c1-18-11-19(2)13-20(12-18)14-23-16-26(33-3)10-7-22(23)15-24(17-29)27(31)30-25-8-5-21(6-9-25)28(32)34-4/h5-13,15-16H,14H2,1-4H3,(H,30,31)/b24-15+. The molecule has 1 amide bonds. The number of benzene rings is 3. The fraction of sp³-hybridized carbons (Fsp3) is 0.179. The third kappa shape index (κ3) is 6.11. The Hall–Kier alpha value is -4.37. The highest BCUT2D eigenvalue weighted by atomic mass is 16.5. The first kappa shape index (κ1) is 24.3. The fourth-order valence-electron chi connectivity index (χ4n) is 3.70. The zero-order valence-electron chi connectivity index (χ0n) is 19.6. The van der Waals surface area contributed by atoms with Crippen molar-refractivity contribution < 1.29 is 19.1 Å². The summed E-state index contributed by atoms with van der Waals surface area (Å²) < 4.78 is 10.1. The molecule has 0 atom stereocenters. The molecule has 3 aromatic rings. The smallest absolute Gasteiger partial charge is 0.337 e. The van der Waals surface area contributed by atoms with Crippen molar-refractivity contribution in [3.63, 3.8) is 0 Å². The third-order valence-electron chi connectivity index (χ3n) is 5.25. The van der Waals surface area contributed by atoms with E-state index in [9.17, 15) is 14.9 Å². The molecule has 0 aliphatic heterocycles. The summed E-state index contributed by atoms with van der Waals surface area (Å²) in [4.78, 5) is 24.4. The number of ether oxygens (including phenoxy) is 2. The zero-order chi connectivity index (χ0) is 24.7. The monoisotopic (exact) mass is 454 g/mol.